The highest BCUT2D eigenvalue weighted by Crippen LogP contribution is 2.39. The van der Waals surface area contributed by atoms with Crippen LogP contribution in [0.3, 0.4) is 0 Å². The number of nitrogens with zero attached hydrogens (tertiary/aromatic N) is 2. The first-order valence-corrected chi connectivity index (χ1v) is 9.94. The molecule has 0 fully saturated rings. The van der Waals surface area contributed by atoms with Crippen molar-refractivity contribution in [2.45, 2.75) is 30.7 Å². The number of rotatable bonds is 4. The number of halogens is 1. The molecule has 0 bridgehead atoms. The molecule has 0 aliphatic heterocycles. The lowest BCUT2D eigenvalue weighted by atomic mass is 9.97. The molecular formula is C18H16FN3OS2. The number of carbonyl (C=O) groups excluding carboxylic acids is 1. The van der Waals surface area contributed by atoms with Gasteiger partial charge in [0.15, 0.2) is 0 Å². The van der Waals surface area contributed by atoms with Gasteiger partial charge in [0, 0.05) is 16.0 Å². The van der Waals surface area contributed by atoms with E-state index in [0.717, 1.165) is 28.1 Å². The van der Waals surface area contributed by atoms with E-state index in [1.807, 2.05) is 0 Å². The van der Waals surface area contributed by atoms with E-state index in [0.29, 0.717) is 5.69 Å². The average molecular weight is 373 g/mol. The predicted molar refractivity (Wildman–Crippen MR) is 99.8 cm³/mol. The van der Waals surface area contributed by atoms with Gasteiger partial charge in [-0.3, -0.25) is 4.79 Å². The van der Waals surface area contributed by atoms with Gasteiger partial charge < -0.3 is 5.32 Å². The molecule has 7 heteroatoms. The summed E-state index contributed by atoms with van der Waals surface area (Å²) in [5, 5.41) is 4.78. The van der Waals surface area contributed by atoms with Crippen LogP contribution in [0.2, 0.25) is 0 Å². The number of nitrogens with one attached hydrogen (secondary N) is 1. The maximum absolute atomic E-state index is 12.9. The second-order valence-corrected chi connectivity index (χ2v) is 7.96. The van der Waals surface area contributed by atoms with Crippen molar-refractivity contribution in [3.8, 4) is 0 Å². The third-order valence-electron chi connectivity index (χ3n) is 4.18. The topological polar surface area (TPSA) is 54.9 Å². The van der Waals surface area contributed by atoms with Crippen molar-refractivity contribution in [1.82, 2.24) is 9.97 Å². The first-order chi connectivity index (χ1) is 12.2. The molecule has 1 aliphatic carbocycles. The zero-order valence-corrected chi connectivity index (χ0v) is 15.1. The van der Waals surface area contributed by atoms with Crippen LogP contribution in [0.1, 0.15) is 23.3 Å². The molecule has 4 rings (SSSR count). The molecule has 1 N–H and O–H groups in total. The van der Waals surface area contributed by atoms with Gasteiger partial charge in [0.25, 0.3) is 0 Å². The van der Waals surface area contributed by atoms with Gasteiger partial charge in [0.05, 0.1) is 5.75 Å². The highest BCUT2D eigenvalue weighted by molar-refractivity contribution is 8.00. The summed E-state index contributed by atoms with van der Waals surface area (Å²) in [6, 6.07) is 5.76. The molecule has 0 atom stereocenters. The fraction of sp³-hybridized carbons (Fsp3) is 0.278. The van der Waals surface area contributed by atoms with Gasteiger partial charge in [-0.15, -0.1) is 11.3 Å². The van der Waals surface area contributed by atoms with Crippen LogP contribution in [-0.2, 0) is 17.6 Å². The number of fused-ring (bicyclic) bond motifs is 3. The van der Waals surface area contributed by atoms with Crippen molar-refractivity contribution in [2.75, 3.05) is 11.1 Å². The largest absolute Gasteiger partial charge is 0.325 e. The highest BCUT2D eigenvalue weighted by atomic mass is 32.2. The van der Waals surface area contributed by atoms with Crippen LogP contribution < -0.4 is 5.32 Å². The fourth-order valence-corrected chi connectivity index (χ4v) is 5.15. The second-order valence-electron chi connectivity index (χ2n) is 5.91. The molecule has 1 amide bonds. The number of anilines is 1. The number of aryl methyl sites for hydroxylation is 2. The highest BCUT2D eigenvalue weighted by Gasteiger charge is 2.20. The van der Waals surface area contributed by atoms with E-state index >= 15 is 0 Å². The molecule has 0 saturated carbocycles. The van der Waals surface area contributed by atoms with Gasteiger partial charge in [-0.2, -0.15) is 0 Å². The van der Waals surface area contributed by atoms with Gasteiger partial charge in [0.1, 0.15) is 22.0 Å². The number of amides is 1. The fourth-order valence-electron chi connectivity index (χ4n) is 3.03. The minimum absolute atomic E-state index is 0.132. The summed E-state index contributed by atoms with van der Waals surface area (Å²) in [4.78, 5) is 23.4. The minimum Gasteiger partial charge on any atom is -0.325 e. The molecule has 0 radical (unpaired) electrons. The molecule has 2 heterocycles. The van der Waals surface area contributed by atoms with Gasteiger partial charge in [-0.25, -0.2) is 14.4 Å². The van der Waals surface area contributed by atoms with Crippen molar-refractivity contribution in [1.29, 1.82) is 0 Å². The van der Waals surface area contributed by atoms with Crippen molar-refractivity contribution in [3.05, 3.63) is 46.9 Å². The summed E-state index contributed by atoms with van der Waals surface area (Å²) in [6.45, 7) is 0. The van der Waals surface area contributed by atoms with Crippen molar-refractivity contribution >= 4 is 44.9 Å². The van der Waals surface area contributed by atoms with E-state index in [-0.39, 0.29) is 17.5 Å². The Hall–Kier alpha value is -1.99. The summed E-state index contributed by atoms with van der Waals surface area (Å²) >= 11 is 3.18. The van der Waals surface area contributed by atoms with E-state index in [4.69, 9.17) is 0 Å². The number of thiophene rings is 1. The van der Waals surface area contributed by atoms with E-state index in [1.165, 1.54) is 47.2 Å². The number of benzene rings is 1. The van der Waals surface area contributed by atoms with Crippen LogP contribution in [0.4, 0.5) is 10.1 Å². The molecule has 4 nitrogen and oxygen atoms in total. The summed E-state index contributed by atoms with van der Waals surface area (Å²) in [5.74, 6) is -0.195. The molecule has 3 aromatic rings. The number of aromatic nitrogens is 2. The zero-order valence-electron chi connectivity index (χ0n) is 13.4. The summed E-state index contributed by atoms with van der Waals surface area (Å²) < 4.78 is 12.9. The Balaban J connectivity index is 1.50. The maximum Gasteiger partial charge on any atom is 0.234 e. The first kappa shape index (κ1) is 16.5. The Morgan fingerprint density at radius 2 is 2.00 bits per heavy atom. The average Bonchev–Trinajstić information content (AvgIpc) is 3.01. The Labute approximate surface area is 152 Å². The number of carbonyl (C=O) groups is 1. The van der Waals surface area contributed by atoms with Gasteiger partial charge in [-0.1, -0.05) is 11.8 Å². The quantitative estimate of drug-likeness (QED) is 0.543. The lowest BCUT2D eigenvalue weighted by molar-refractivity contribution is -0.113. The normalized spacial score (nSPS) is 13.6. The lowest BCUT2D eigenvalue weighted by Gasteiger charge is -2.11. The van der Waals surface area contributed by atoms with Crippen LogP contribution >= 0.6 is 23.1 Å². The molecular weight excluding hydrogens is 357 g/mol. The van der Waals surface area contributed by atoms with E-state index in [1.54, 1.807) is 29.8 Å². The summed E-state index contributed by atoms with van der Waals surface area (Å²) in [5.41, 5.74) is 1.96. The lowest BCUT2D eigenvalue weighted by Crippen LogP contribution is -2.14. The Morgan fingerprint density at radius 1 is 1.20 bits per heavy atom. The molecule has 1 aliphatic rings. The van der Waals surface area contributed by atoms with Crippen LogP contribution in [-0.4, -0.2) is 21.6 Å². The molecule has 0 unspecified atom stereocenters. The van der Waals surface area contributed by atoms with E-state index in [2.05, 4.69) is 15.3 Å². The zero-order chi connectivity index (χ0) is 17.2. The van der Waals surface area contributed by atoms with E-state index < -0.39 is 0 Å². The van der Waals surface area contributed by atoms with Gasteiger partial charge >= 0.3 is 0 Å². The smallest absolute Gasteiger partial charge is 0.234 e. The SMILES string of the molecule is O=C(CSc1ncnc2sc3c(c12)CCCC3)Nc1ccc(F)cc1. The van der Waals surface area contributed by atoms with Crippen LogP contribution in [0.5, 0.6) is 0 Å². The molecule has 0 spiro atoms. The Morgan fingerprint density at radius 3 is 2.84 bits per heavy atom. The van der Waals surface area contributed by atoms with Gasteiger partial charge in [-0.05, 0) is 55.5 Å². The van der Waals surface area contributed by atoms with Crippen LogP contribution in [0, 0.1) is 5.82 Å². The number of thioether (sulfide) groups is 1. The molecule has 2 aromatic heterocycles. The minimum atomic E-state index is -0.321. The van der Waals surface area contributed by atoms with Crippen LogP contribution in [0.25, 0.3) is 10.2 Å². The summed E-state index contributed by atoms with van der Waals surface area (Å²) in [7, 11) is 0. The molecule has 1 aromatic carbocycles. The number of hydrogen-bond donors (Lipinski definition) is 1. The van der Waals surface area contributed by atoms with Crippen LogP contribution in [0.15, 0.2) is 35.6 Å². The monoisotopic (exact) mass is 373 g/mol. The molecule has 0 saturated heterocycles. The Bertz CT molecular complexity index is 924. The molecule has 128 valence electrons. The Kier molecular flexibility index (Phi) is 4.67. The second kappa shape index (κ2) is 7.09. The first-order valence-electron chi connectivity index (χ1n) is 8.14. The van der Waals surface area contributed by atoms with E-state index in [9.17, 15) is 9.18 Å². The summed E-state index contributed by atoms with van der Waals surface area (Å²) in [6.07, 6.45) is 6.19. The third-order valence-corrected chi connectivity index (χ3v) is 6.37. The van der Waals surface area contributed by atoms with Gasteiger partial charge in [0.2, 0.25) is 5.91 Å². The van der Waals surface area contributed by atoms with Crippen molar-refractivity contribution < 1.29 is 9.18 Å². The number of hydrogen-bond acceptors (Lipinski definition) is 5. The van der Waals surface area contributed by atoms with Crippen molar-refractivity contribution in [2.24, 2.45) is 0 Å². The standard InChI is InChI=1S/C18H16FN3OS2/c19-11-5-7-12(8-6-11)22-15(23)9-24-17-16-13-3-1-2-4-14(13)25-18(16)21-10-20-17/h5-8,10H,1-4,9H2,(H,22,23). The third kappa shape index (κ3) is 3.52. The molecule has 25 heavy (non-hydrogen) atoms. The van der Waals surface area contributed by atoms with Crippen molar-refractivity contribution in [3.63, 3.8) is 0 Å². The predicted octanol–water partition coefficient (Wildman–Crippen LogP) is 4.44. The maximum atomic E-state index is 12.9.